The van der Waals surface area contributed by atoms with E-state index < -0.39 is 0 Å². The molecule has 0 spiro atoms. The molecule has 0 bridgehead atoms. The Balaban J connectivity index is 3.35. The summed E-state index contributed by atoms with van der Waals surface area (Å²) in [6.45, 7) is 4.55. The van der Waals surface area contributed by atoms with Gasteiger partial charge in [0, 0.05) is 0 Å². The van der Waals surface area contributed by atoms with Crippen LogP contribution >= 0.6 is 0 Å². The predicted molar refractivity (Wildman–Crippen MR) is 40.4 cm³/mol. The van der Waals surface area contributed by atoms with Crippen molar-refractivity contribution >= 4 is 8.96 Å². The second-order valence-electron chi connectivity index (χ2n) is 2.17. The minimum Gasteiger partial charge on any atom is -0.330 e. The summed E-state index contributed by atoms with van der Waals surface area (Å²) in [5.74, 6) is 0. The van der Waals surface area contributed by atoms with Gasteiger partial charge in [-0.15, -0.1) is 0 Å². The summed E-state index contributed by atoms with van der Waals surface area (Å²) in [5.41, 5.74) is 0. The molecule has 0 aromatic heterocycles. The van der Waals surface area contributed by atoms with Crippen LogP contribution in [0.25, 0.3) is 0 Å². The van der Waals surface area contributed by atoms with E-state index in [-0.39, 0.29) is 8.96 Å². The molecule has 0 saturated heterocycles. The van der Waals surface area contributed by atoms with Crippen molar-refractivity contribution < 1.29 is 0 Å². The van der Waals surface area contributed by atoms with Gasteiger partial charge in [-0.05, 0) is 26.2 Å². The summed E-state index contributed by atoms with van der Waals surface area (Å²) in [5, 5.41) is 0. The first-order valence-electron chi connectivity index (χ1n) is 3.24. The Labute approximate surface area is 54.4 Å². The molecule has 0 atom stereocenters. The molecule has 0 saturated carbocycles. The fourth-order valence-electron chi connectivity index (χ4n) is 0.882. The van der Waals surface area contributed by atoms with E-state index in [1.807, 2.05) is 0 Å². The van der Waals surface area contributed by atoms with Gasteiger partial charge in [0.2, 0.25) is 0 Å². The van der Waals surface area contributed by atoms with E-state index in [1.54, 1.807) is 0 Å². The zero-order valence-electron chi connectivity index (χ0n) is 6.36. The number of nitrogens with zero attached hydrogens (tertiary/aromatic N) is 1. The molecular formula is C6H16NSi. The van der Waals surface area contributed by atoms with Crippen molar-refractivity contribution in [1.82, 2.24) is 4.57 Å². The zero-order valence-corrected chi connectivity index (χ0v) is 7.36. The van der Waals surface area contributed by atoms with Crippen molar-refractivity contribution in [2.24, 2.45) is 0 Å². The highest BCUT2D eigenvalue weighted by Crippen LogP contribution is 1.98. The van der Waals surface area contributed by atoms with Gasteiger partial charge >= 0.3 is 0 Å². The lowest BCUT2D eigenvalue weighted by molar-refractivity contribution is 0.634. The summed E-state index contributed by atoms with van der Waals surface area (Å²) in [4.78, 5) is 0. The molecule has 0 unspecified atom stereocenters. The van der Waals surface area contributed by atoms with E-state index in [1.165, 1.54) is 12.1 Å². The SMILES string of the molecule is CC[Si](CC)N(C)C. The zero-order chi connectivity index (χ0) is 6.57. The van der Waals surface area contributed by atoms with E-state index >= 15 is 0 Å². The van der Waals surface area contributed by atoms with Crippen molar-refractivity contribution in [3.8, 4) is 0 Å². The number of hydrogen-bond donors (Lipinski definition) is 0. The third-order valence-corrected chi connectivity index (χ3v) is 4.35. The average Bonchev–Trinajstić information content (AvgIpc) is 1.69. The van der Waals surface area contributed by atoms with Gasteiger partial charge in [0.15, 0.2) is 0 Å². The Morgan fingerprint density at radius 2 is 1.50 bits per heavy atom. The van der Waals surface area contributed by atoms with Gasteiger partial charge in [0.05, 0.1) is 0 Å². The molecule has 0 fully saturated rings. The van der Waals surface area contributed by atoms with E-state index in [0.717, 1.165) is 0 Å². The molecule has 0 aromatic carbocycles. The maximum Gasteiger partial charge on any atom is 0.135 e. The third-order valence-electron chi connectivity index (χ3n) is 1.45. The summed E-state index contributed by atoms with van der Waals surface area (Å²) in [6.07, 6.45) is 0. The summed E-state index contributed by atoms with van der Waals surface area (Å²) in [6, 6.07) is 2.74. The summed E-state index contributed by atoms with van der Waals surface area (Å²) in [7, 11) is 4.26. The molecule has 1 nitrogen and oxygen atoms in total. The van der Waals surface area contributed by atoms with Crippen LogP contribution in [-0.4, -0.2) is 27.6 Å². The lowest BCUT2D eigenvalue weighted by atomic mass is 10.9. The fourth-order valence-corrected chi connectivity index (χ4v) is 2.65. The van der Waals surface area contributed by atoms with E-state index in [0.29, 0.717) is 0 Å². The Bertz CT molecular complexity index is 50.5. The first kappa shape index (κ1) is 8.18. The Morgan fingerprint density at radius 3 is 1.50 bits per heavy atom. The van der Waals surface area contributed by atoms with Crippen LogP contribution < -0.4 is 0 Å². The highest BCUT2D eigenvalue weighted by Gasteiger charge is 2.06. The molecule has 0 aliphatic carbocycles. The maximum absolute atomic E-state index is 2.38. The molecule has 49 valence electrons. The highest BCUT2D eigenvalue weighted by atomic mass is 28.3. The molecule has 0 aliphatic heterocycles. The molecule has 0 heterocycles. The highest BCUT2D eigenvalue weighted by molar-refractivity contribution is 6.55. The van der Waals surface area contributed by atoms with Gasteiger partial charge < -0.3 is 4.57 Å². The topological polar surface area (TPSA) is 3.24 Å². The van der Waals surface area contributed by atoms with E-state index in [2.05, 4.69) is 32.5 Å². The Morgan fingerprint density at radius 1 is 1.12 bits per heavy atom. The predicted octanol–water partition coefficient (Wildman–Crippen LogP) is 1.58. The van der Waals surface area contributed by atoms with Crippen LogP contribution in [0.2, 0.25) is 12.1 Å². The smallest absolute Gasteiger partial charge is 0.135 e. The molecule has 0 amide bonds. The van der Waals surface area contributed by atoms with E-state index in [9.17, 15) is 0 Å². The quantitative estimate of drug-likeness (QED) is 0.524. The molecule has 2 heteroatoms. The number of rotatable bonds is 3. The third kappa shape index (κ3) is 2.48. The van der Waals surface area contributed by atoms with Crippen LogP contribution in [0.5, 0.6) is 0 Å². The van der Waals surface area contributed by atoms with Crippen LogP contribution in [0.4, 0.5) is 0 Å². The van der Waals surface area contributed by atoms with Crippen molar-refractivity contribution in [1.29, 1.82) is 0 Å². The standard InChI is InChI=1S/C6H16NSi/c1-5-8(6-2)7(3)4/h5-6H2,1-4H3. The second-order valence-corrected chi connectivity index (χ2v) is 5.61. The van der Waals surface area contributed by atoms with Gasteiger partial charge in [0.1, 0.15) is 8.96 Å². The maximum atomic E-state index is 2.38. The molecule has 1 radical (unpaired) electrons. The van der Waals surface area contributed by atoms with Crippen LogP contribution in [0.3, 0.4) is 0 Å². The van der Waals surface area contributed by atoms with Crippen molar-refractivity contribution in [2.75, 3.05) is 14.1 Å². The van der Waals surface area contributed by atoms with Gasteiger partial charge in [0.25, 0.3) is 0 Å². The van der Waals surface area contributed by atoms with Crippen molar-refractivity contribution in [2.45, 2.75) is 25.9 Å². The first-order chi connectivity index (χ1) is 3.72. The summed E-state index contributed by atoms with van der Waals surface area (Å²) < 4.78 is 2.38. The van der Waals surface area contributed by atoms with Crippen molar-refractivity contribution in [3.05, 3.63) is 0 Å². The largest absolute Gasteiger partial charge is 0.330 e. The number of hydrogen-bond acceptors (Lipinski definition) is 1. The Hall–Kier alpha value is 0.177. The molecule has 0 rings (SSSR count). The minimum absolute atomic E-state index is 0.107. The molecule has 0 aromatic rings. The summed E-state index contributed by atoms with van der Waals surface area (Å²) >= 11 is 0. The molecule has 0 N–H and O–H groups in total. The molecule has 8 heavy (non-hydrogen) atoms. The molecular weight excluding hydrogens is 114 g/mol. The van der Waals surface area contributed by atoms with Crippen LogP contribution in [0.1, 0.15) is 13.8 Å². The second kappa shape index (κ2) is 4.10. The fraction of sp³-hybridized carbons (Fsp3) is 1.00. The van der Waals surface area contributed by atoms with Crippen molar-refractivity contribution in [3.63, 3.8) is 0 Å². The van der Waals surface area contributed by atoms with Gasteiger partial charge in [-0.25, -0.2) is 0 Å². The normalized spacial score (nSPS) is 11.2. The monoisotopic (exact) mass is 130 g/mol. The molecule has 0 aliphatic rings. The van der Waals surface area contributed by atoms with Gasteiger partial charge in [-0.2, -0.15) is 0 Å². The lowest BCUT2D eigenvalue weighted by Crippen LogP contribution is -2.30. The van der Waals surface area contributed by atoms with Crippen LogP contribution in [0, 0.1) is 0 Å². The minimum atomic E-state index is -0.107. The van der Waals surface area contributed by atoms with Crippen LogP contribution in [-0.2, 0) is 0 Å². The van der Waals surface area contributed by atoms with Crippen LogP contribution in [0.15, 0.2) is 0 Å². The Kier molecular flexibility index (Phi) is 4.19. The van der Waals surface area contributed by atoms with E-state index in [4.69, 9.17) is 0 Å². The van der Waals surface area contributed by atoms with Gasteiger partial charge in [-0.3, -0.25) is 0 Å². The average molecular weight is 130 g/mol. The van der Waals surface area contributed by atoms with Gasteiger partial charge in [-0.1, -0.05) is 13.8 Å². The first-order valence-corrected chi connectivity index (χ1v) is 5.10. The lowest BCUT2D eigenvalue weighted by Gasteiger charge is -2.17.